The minimum Gasteiger partial charge on any atom is -0.0622 e. The summed E-state index contributed by atoms with van der Waals surface area (Å²) in [6.07, 6.45) is 0. The predicted molar refractivity (Wildman–Crippen MR) is 207 cm³/mol. The molecule has 0 heteroatoms. The van der Waals surface area contributed by atoms with Crippen molar-refractivity contribution < 1.29 is 0 Å². The summed E-state index contributed by atoms with van der Waals surface area (Å²) >= 11 is 0. The zero-order valence-corrected chi connectivity index (χ0v) is 26.3. The van der Waals surface area contributed by atoms with Crippen LogP contribution in [0.3, 0.4) is 0 Å². The summed E-state index contributed by atoms with van der Waals surface area (Å²) < 4.78 is 0. The molecule has 222 valence electrons. The molecule has 0 aliphatic heterocycles. The second kappa shape index (κ2) is 10.7. The molecule has 0 nitrogen and oxygen atoms in total. The highest BCUT2D eigenvalue weighted by Crippen LogP contribution is 2.49. The fourth-order valence-corrected chi connectivity index (χ4v) is 7.99. The van der Waals surface area contributed by atoms with Crippen LogP contribution in [0, 0.1) is 0 Å². The van der Waals surface area contributed by atoms with Gasteiger partial charge in [0.15, 0.2) is 0 Å². The predicted octanol–water partition coefficient (Wildman–Crippen LogP) is 13.6. The van der Waals surface area contributed by atoms with Gasteiger partial charge in [-0.15, -0.1) is 0 Å². The standard InChI is InChI=1S/C48H30/c1-3-13-33(14-4-1)43-29-45(39-21-11-19-32-17-9-10-20-37(32)39)46-30-44(34-15-5-2-6-16-34)41-25-24-38(40-26-27-42(43)48(46)47(40)41)36-23-22-31-12-7-8-18-35(31)28-36/h1-30H. The van der Waals surface area contributed by atoms with Gasteiger partial charge in [-0.25, -0.2) is 0 Å². The fraction of sp³-hybridized carbons (Fsp3) is 0. The lowest BCUT2D eigenvalue weighted by atomic mass is 9.81. The van der Waals surface area contributed by atoms with Gasteiger partial charge in [-0.3, -0.25) is 0 Å². The summed E-state index contributed by atoms with van der Waals surface area (Å²) in [4.78, 5) is 0. The zero-order valence-electron chi connectivity index (χ0n) is 26.3. The first-order valence-corrected chi connectivity index (χ1v) is 16.7. The first kappa shape index (κ1) is 26.9. The first-order chi connectivity index (χ1) is 23.8. The molecule has 0 aromatic heterocycles. The Labute approximate surface area is 279 Å². The monoisotopic (exact) mass is 606 g/mol. The average Bonchev–Trinajstić information content (AvgIpc) is 3.16. The highest BCUT2D eigenvalue weighted by molar-refractivity contribution is 6.33. The van der Waals surface area contributed by atoms with E-state index in [-0.39, 0.29) is 0 Å². The van der Waals surface area contributed by atoms with E-state index in [1.54, 1.807) is 0 Å². The molecule has 0 spiro atoms. The van der Waals surface area contributed by atoms with Crippen molar-refractivity contribution in [2.24, 2.45) is 0 Å². The Morgan fingerprint density at radius 3 is 1.52 bits per heavy atom. The Morgan fingerprint density at radius 2 is 0.771 bits per heavy atom. The molecule has 0 N–H and O–H groups in total. The molecule has 0 bridgehead atoms. The van der Waals surface area contributed by atoms with Crippen LogP contribution in [-0.2, 0) is 0 Å². The van der Waals surface area contributed by atoms with E-state index >= 15 is 0 Å². The van der Waals surface area contributed by atoms with E-state index in [0.717, 1.165) is 0 Å². The minimum absolute atomic E-state index is 1.23. The van der Waals surface area contributed by atoms with Crippen molar-refractivity contribution >= 4 is 53.9 Å². The molecule has 0 unspecified atom stereocenters. The van der Waals surface area contributed by atoms with Gasteiger partial charge in [0.2, 0.25) is 0 Å². The molecule has 10 aromatic carbocycles. The number of benzene rings is 10. The van der Waals surface area contributed by atoms with Crippen LogP contribution in [0.2, 0.25) is 0 Å². The topological polar surface area (TPSA) is 0 Å². The van der Waals surface area contributed by atoms with Gasteiger partial charge in [-0.05, 0) is 117 Å². The largest absolute Gasteiger partial charge is 0.0622 e. The van der Waals surface area contributed by atoms with Crippen molar-refractivity contribution in [2.45, 2.75) is 0 Å². The van der Waals surface area contributed by atoms with Crippen LogP contribution in [0.5, 0.6) is 0 Å². The van der Waals surface area contributed by atoms with Crippen LogP contribution in [0.25, 0.3) is 98.4 Å². The molecular formula is C48H30. The molecule has 10 rings (SSSR count). The van der Waals surface area contributed by atoms with Crippen LogP contribution >= 0.6 is 0 Å². The third-order valence-corrected chi connectivity index (χ3v) is 10.2. The normalized spacial score (nSPS) is 11.8. The van der Waals surface area contributed by atoms with Crippen LogP contribution in [-0.4, -0.2) is 0 Å². The van der Waals surface area contributed by atoms with E-state index in [9.17, 15) is 0 Å². The smallest absolute Gasteiger partial charge is 0.00137 e. The second-order valence-corrected chi connectivity index (χ2v) is 12.8. The molecule has 0 aliphatic rings. The van der Waals surface area contributed by atoms with Crippen molar-refractivity contribution in [3.05, 3.63) is 182 Å². The lowest BCUT2D eigenvalue weighted by molar-refractivity contribution is 1.64. The molecule has 48 heavy (non-hydrogen) atoms. The minimum atomic E-state index is 1.23. The Bertz CT molecular complexity index is 2800. The fourth-order valence-electron chi connectivity index (χ4n) is 7.99. The van der Waals surface area contributed by atoms with Crippen molar-refractivity contribution in [1.82, 2.24) is 0 Å². The van der Waals surface area contributed by atoms with E-state index in [0.29, 0.717) is 0 Å². The maximum absolute atomic E-state index is 2.46. The van der Waals surface area contributed by atoms with Gasteiger partial charge in [0.25, 0.3) is 0 Å². The first-order valence-electron chi connectivity index (χ1n) is 16.7. The van der Waals surface area contributed by atoms with E-state index in [1.807, 2.05) is 0 Å². The van der Waals surface area contributed by atoms with Gasteiger partial charge in [0, 0.05) is 0 Å². The Hall–Kier alpha value is -6.24. The van der Waals surface area contributed by atoms with Crippen molar-refractivity contribution in [2.75, 3.05) is 0 Å². The highest BCUT2D eigenvalue weighted by Gasteiger charge is 2.21. The molecule has 0 radical (unpaired) electrons. The van der Waals surface area contributed by atoms with Crippen LogP contribution < -0.4 is 0 Å². The summed E-state index contributed by atoms with van der Waals surface area (Å²) in [5, 5.41) is 12.8. The number of hydrogen-bond acceptors (Lipinski definition) is 0. The number of rotatable bonds is 4. The van der Waals surface area contributed by atoms with Crippen LogP contribution in [0.4, 0.5) is 0 Å². The Morgan fingerprint density at radius 1 is 0.208 bits per heavy atom. The quantitative estimate of drug-likeness (QED) is 0.175. The van der Waals surface area contributed by atoms with E-state index in [4.69, 9.17) is 0 Å². The van der Waals surface area contributed by atoms with Gasteiger partial charge in [-0.2, -0.15) is 0 Å². The molecular weight excluding hydrogens is 577 g/mol. The third kappa shape index (κ3) is 4.10. The highest BCUT2D eigenvalue weighted by atomic mass is 14.2. The van der Waals surface area contributed by atoms with E-state index < -0.39 is 0 Å². The van der Waals surface area contributed by atoms with Crippen LogP contribution in [0.1, 0.15) is 0 Å². The number of hydrogen-bond donors (Lipinski definition) is 0. The maximum atomic E-state index is 2.46. The molecule has 0 heterocycles. The molecule has 0 saturated carbocycles. The van der Waals surface area contributed by atoms with Crippen LogP contribution in [0.15, 0.2) is 182 Å². The number of fused-ring (bicyclic) bond motifs is 2. The summed E-state index contributed by atoms with van der Waals surface area (Å²) in [5.41, 5.74) is 10.0. The van der Waals surface area contributed by atoms with Crippen molar-refractivity contribution in [1.29, 1.82) is 0 Å². The average molecular weight is 607 g/mol. The third-order valence-electron chi connectivity index (χ3n) is 10.2. The second-order valence-electron chi connectivity index (χ2n) is 12.8. The molecule has 0 aliphatic carbocycles. The zero-order chi connectivity index (χ0) is 31.6. The lowest BCUT2D eigenvalue weighted by Crippen LogP contribution is -1.95. The molecule has 0 fully saturated rings. The van der Waals surface area contributed by atoms with Gasteiger partial charge >= 0.3 is 0 Å². The summed E-state index contributed by atoms with van der Waals surface area (Å²) in [7, 11) is 0. The van der Waals surface area contributed by atoms with Gasteiger partial charge < -0.3 is 0 Å². The SMILES string of the molecule is c1ccc(-c2cc3c(-c4cccc5ccccc45)cc(-c4ccccc4)c4ccc5c(-c6ccc7ccccc7c6)ccc2c5c43)cc1. The Balaban J connectivity index is 1.40. The van der Waals surface area contributed by atoms with Crippen molar-refractivity contribution in [3.63, 3.8) is 0 Å². The molecule has 0 amide bonds. The summed E-state index contributed by atoms with van der Waals surface area (Å²) in [6.45, 7) is 0. The summed E-state index contributed by atoms with van der Waals surface area (Å²) in [6, 6.07) is 67.1. The summed E-state index contributed by atoms with van der Waals surface area (Å²) in [5.74, 6) is 0. The van der Waals surface area contributed by atoms with Crippen molar-refractivity contribution in [3.8, 4) is 44.5 Å². The van der Waals surface area contributed by atoms with E-state index in [1.165, 1.54) is 98.4 Å². The molecule has 0 atom stereocenters. The molecule has 0 saturated heterocycles. The van der Waals surface area contributed by atoms with Gasteiger partial charge in [-0.1, -0.05) is 164 Å². The molecule has 10 aromatic rings. The lowest BCUT2D eigenvalue weighted by Gasteiger charge is -2.22. The van der Waals surface area contributed by atoms with E-state index in [2.05, 4.69) is 182 Å². The maximum Gasteiger partial charge on any atom is -0.00137 e. The Kier molecular flexibility index (Phi) is 5.98. The van der Waals surface area contributed by atoms with Gasteiger partial charge in [0.1, 0.15) is 0 Å². The van der Waals surface area contributed by atoms with Gasteiger partial charge in [0.05, 0.1) is 0 Å².